The van der Waals surface area contributed by atoms with Gasteiger partial charge in [-0.25, -0.2) is 9.13 Å². The lowest BCUT2D eigenvalue weighted by Crippen LogP contribution is -3.00. The first-order valence-corrected chi connectivity index (χ1v) is 7.28. The van der Waals surface area contributed by atoms with Crippen molar-refractivity contribution in [1.29, 1.82) is 0 Å². The molecule has 0 bridgehead atoms. The van der Waals surface area contributed by atoms with Gasteiger partial charge in [-0.15, -0.1) is 0 Å². The highest BCUT2D eigenvalue weighted by molar-refractivity contribution is 9.10. The summed E-state index contributed by atoms with van der Waals surface area (Å²) < 4.78 is 5.01. The van der Waals surface area contributed by atoms with Crippen LogP contribution in [0.1, 0.15) is 10.4 Å². The van der Waals surface area contributed by atoms with Crippen LogP contribution in [0.3, 0.4) is 0 Å². The van der Waals surface area contributed by atoms with E-state index in [1.54, 1.807) is 11.8 Å². The van der Waals surface area contributed by atoms with Gasteiger partial charge in [-0.05, 0) is 23.9 Å². The van der Waals surface area contributed by atoms with Crippen molar-refractivity contribution >= 4 is 33.5 Å². The summed E-state index contributed by atoms with van der Waals surface area (Å²) in [6.07, 6.45) is 3.96. The minimum Gasteiger partial charge on any atom is -1.00 e. The molecule has 0 aliphatic carbocycles. The molecule has 0 spiro atoms. The molecular formula is C13H14Br2N2OS. The fourth-order valence-corrected chi connectivity index (χ4v) is 2.85. The average Bonchev–Trinajstić information content (AvgIpc) is 2.67. The standard InChI is InChI=1S/C13H14BrN2OS.BrH/c1-15-7-8-16(2)13(15)18-9-12(17)10-3-5-11(14)6-4-10;/h3-8H,9H2,1-2H3;1H/q+1;/p-1. The van der Waals surface area contributed by atoms with E-state index < -0.39 is 0 Å². The molecule has 2 aromatic rings. The quantitative estimate of drug-likeness (QED) is 0.392. The van der Waals surface area contributed by atoms with E-state index >= 15 is 0 Å². The maximum atomic E-state index is 12.0. The normalized spacial score (nSPS) is 10.1. The summed E-state index contributed by atoms with van der Waals surface area (Å²) in [6.45, 7) is 0. The highest BCUT2D eigenvalue weighted by Gasteiger charge is 2.15. The monoisotopic (exact) mass is 404 g/mol. The van der Waals surface area contributed by atoms with E-state index in [0.717, 1.165) is 15.2 Å². The molecular weight excluding hydrogens is 392 g/mol. The third-order valence-corrected chi connectivity index (χ3v) is 4.39. The lowest BCUT2D eigenvalue weighted by Gasteiger charge is -2.00. The highest BCUT2D eigenvalue weighted by atomic mass is 79.9. The molecule has 3 nitrogen and oxygen atoms in total. The van der Waals surface area contributed by atoms with Crippen LogP contribution >= 0.6 is 27.7 Å². The molecule has 19 heavy (non-hydrogen) atoms. The summed E-state index contributed by atoms with van der Waals surface area (Å²) in [5, 5.41) is 1.07. The van der Waals surface area contributed by atoms with Crippen LogP contribution in [0, 0.1) is 0 Å². The van der Waals surface area contributed by atoms with Gasteiger partial charge in [0.1, 0.15) is 12.4 Å². The molecule has 0 aliphatic rings. The molecule has 0 amide bonds. The van der Waals surface area contributed by atoms with Gasteiger partial charge in [-0.1, -0.05) is 28.1 Å². The van der Waals surface area contributed by atoms with Crippen molar-refractivity contribution in [3.05, 3.63) is 46.7 Å². The Morgan fingerprint density at radius 1 is 1.37 bits per heavy atom. The van der Waals surface area contributed by atoms with Crippen LogP contribution in [-0.4, -0.2) is 16.1 Å². The van der Waals surface area contributed by atoms with Crippen molar-refractivity contribution in [2.75, 3.05) is 5.75 Å². The zero-order valence-electron chi connectivity index (χ0n) is 10.6. The van der Waals surface area contributed by atoms with Crippen LogP contribution < -0.4 is 21.5 Å². The van der Waals surface area contributed by atoms with Gasteiger partial charge in [0.2, 0.25) is 0 Å². The molecule has 0 fully saturated rings. The predicted octanol–water partition coefficient (Wildman–Crippen LogP) is -0.409. The van der Waals surface area contributed by atoms with Crippen LogP contribution in [-0.2, 0) is 14.1 Å². The van der Waals surface area contributed by atoms with Crippen molar-refractivity contribution in [2.45, 2.75) is 5.16 Å². The third-order valence-electron chi connectivity index (χ3n) is 2.62. The van der Waals surface area contributed by atoms with Crippen molar-refractivity contribution in [3.63, 3.8) is 0 Å². The zero-order valence-corrected chi connectivity index (χ0v) is 14.6. The van der Waals surface area contributed by atoms with Crippen molar-refractivity contribution in [3.8, 4) is 0 Å². The Kier molecular flexibility index (Phi) is 6.29. The Bertz CT molecular complexity index is 547. The van der Waals surface area contributed by atoms with Crippen LogP contribution in [0.2, 0.25) is 0 Å². The molecule has 0 atom stereocenters. The molecule has 102 valence electrons. The molecule has 2 rings (SSSR count). The SMILES string of the molecule is Cn1cc[n+](C)c1SCC(=O)c1ccc(Br)cc1.[Br-]. The maximum Gasteiger partial charge on any atom is 0.317 e. The molecule has 1 heterocycles. The number of Topliss-reactive ketones (excluding diaryl/α,β-unsaturated/α-hetero) is 1. The summed E-state index contributed by atoms with van der Waals surface area (Å²) in [5.74, 6) is 0.599. The van der Waals surface area contributed by atoms with Gasteiger partial charge in [0.25, 0.3) is 0 Å². The first-order chi connectivity index (χ1) is 8.58. The number of aromatic nitrogens is 2. The number of carbonyl (C=O) groups excluding carboxylic acids is 1. The number of hydrogen-bond acceptors (Lipinski definition) is 2. The minimum atomic E-state index is 0. The number of aryl methyl sites for hydroxylation is 2. The second-order valence-corrected chi connectivity index (χ2v) is 5.88. The van der Waals surface area contributed by atoms with E-state index in [2.05, 4.69) is 15.9 Å². The van der Waals surface area contributed by atoms with Crippen molar-refractivity contribution < 1.29 is 26.3 Å². The molecule has 0 saturated carbocycles. The Morgan fingerprint density at radius 3 is 2.53 bits per heavy atom. The molecule has 0 N–H and O–H groups in total. The molecule has 6 heteroatoms. The summed E-state index contributed by atoms with van der Waals surface area (Å²) in [6, 6.07) is 7.47. The number of thioether (sulfide) groups is 1. The van der Waals surface area contributed by atoms with Crippen LogP contribution in [0.4, 0.5) is 0 Å². The fourth-order valence-electron chi connectivity index (χ4n) is 1.63. The molecule has 1 aromatic heterocycles. The molecule has 1 aromatic carbocycles. The van der Waals surface area contributed by atoms with E-state index in [4.69, 9.17) is 0 Å². The zero-order chi connectivity index (χ0) is 13.1. The largest absolute Gasteiger partial charge is 1.00 e. The first kappa shape index (κ1) is 16.5. The van der Waals surface area contributed by atoms with E-state index in [1.165, 1.54) is 0 Å². The second-order valence-electron chi connectivity index (χ2n) is 4.02. The van der Waals surface area contributed by atoms with Gasteiger partial charge in [0, 0.05) is 10.0 Å². The molecule has 0 radical (unpaired) electrons. The van der Waals surface area contributed by atoms with Crippen molar-refractivity contribution in [2.24, 2.45) is 14.1 Å². The van der Waals surface area contributed by atoms with E-state index in [1.807, 2.05) is 59.9 Å². The second kappa shape index (κ2) is 7.26. The number of nitrogens with zero attached hydrogens (tertiary/aromatic N) is 2. The van der Waals surface area contributed by atoms with Crippen LogP contribution in [0.15, 0.2) is 46.3 Å². The Balaban J connectivity index is 0.00000180. The summed E-state index contributed by atoms with van der Waals surface area (Å²) >= 11 is 4.91. The molecule has 0 aliphatic heterocycles. The topological polar surface area (TPSA) is 25.9 Å². The molecule has 0 unspecified atom stereocenters. The Morgan fingerprint density at radius 2 is 2.00 bits per heavy atom. The number of imidazole rings is 1. The van der Waals surface area contributed by atoms with Gasteiger partial charge >= 0.3 is 5.16 Å². The van der Waals surface area contributed by atoms with E-state index in [9.17, 15) is 4.79 Å². The van der Waals surface area contributed by atoms with Gasteiger partial charge in [-0.3, -0.25) is 4.79 Å². The lowest BCUT2D eigenvalue weighted by atomic mass is 10.2. The highest BCUT2D eigenvalue weighted by Crippen LogP contribution is 2.16. The Hall–Kier alpha value is -0.590. The summed E-state index contributed by atoms with van der Waals surface area (Å²) in [5.41, 5.74) is 0.752. The number of benzene rings is 1. The van der Waals surface area contributed by atoms with E-state index in [-0.39, 0.29) is 22.8 Å². The van der Waals surface area contributed by atoms with Crippen LogP contribution in [0.5, 0.6) is 0 Å². The van der Waals surface area contributed by atoms with Gasteiger partial charge in [-0.2, -0.15) is 0 Å². The number of carbonyl (C=O) groups is 1. The van der Waals surface area contributed by atoms with Gasteiger partial charge in [0.15, 0.2) is 5.78 Å². The minimum absolute atomic E-state index is 0. The average molecular weight is 406 g/mol. The maximum absolute atomic E-state index is 12.0. The third kappa shape index (κ3) is 4.19. The molecule has 0 saturated heterocycles. The number of ketones is 1. The number of halogens is 2. The van der Waals surface area contributed by atoms with E-state index in [0.29, 0.717) is 5.75 Å². The first-order valence-electron chi connectivity index (χ1n) is 5.50. The predicted molar refractivity (Wildman–Crippen MR) is 75.8 cm³/mol. The summed E-state index contributed by atoms with van der Waals surface area (Å²) in [7, 11) is 3.96. The number of rotatable bonds is 4. The van der Waals surface area contributed by atoms with Crippen molar-refractivity contribution in [1.82, 2.24) is 4.57 Å². The number of hydrogen-bond donors (Lipinski definition) is 0. The van der Waals surface area contributed by atoms with Gasteiger partial charge in [0.05, 0.1) is 19.8 Å². The lowest BCUT2D eigenvalue weighted by molar-refractivity contribution is -0.709. The smallest absolute Gasteiger partial charge is 0.317 e. The summed E-state index contributed by atoms with van der Waals surface area (Å²) in [4.78, 5) is 12.0. The Labute approximate surface area is 135 Å². The van der Waals surface area contributed by atoms with Crippen LogP contribution in [0.25, 0.3) is 0 Å². The van der Waals surface area contributed by atoms with Gasteiger partial charge < -0.3 is 17.0 Å². The fraction of sp³-hybridized carbons (Fsp3) is 0.231.